The van der Waals surface area contributed by atoms with Crippen molar-refractivity contribution in [1.29, 1.82) is 0 Å². The minimum absolute atomic E-state index is 0.0210. The third kappa shape index (κ3) is 4.72. The first kappa shape index (κ1) is 20.6. The third-order valence-corrected chi connectivity index (χ3v) is 4.43. The van der Waals surface area contributed by atoms with Gasteiger partial charge in [0.1, 0.15) is 17.1 Å². The molecule has 0 unspecified atom stereocenters. The van der Waals surface area contributed by atoms with E-state index in [1.54, 1.807) is 6.08 Å². The monoisotopic (exact) mass is 386 g/mol. The molecule has 0 amide bonds. The van der Waals surface area contributed by atoms with Crippen LogP contribution in [0.1, 0.15) is 40.9 Å². The number of esters is 1. The van der Waals surface area contributed by atoms with E-state index in [1.807, 2.05) is 56.3 Å². The van der Waals surface area contributed by atoms with E-state index in [1.165, 1.54) is 14.2 Å². The number of methoxy groups -OCH3 is 2. The van der Waals surface area contributed by atoms with Gasteiger partial charge in [-0.15, -0.1) is 0 Å². The number of ether oxygens (including phenoxy) is 2. The highest BCUT2D eigenvalue weighted by atomic mass is 35.5. The second-order valence-electron chi connectivity index (χ2n) is 6.18. The summed E-state index contributed by atoms with van der Waals surface area (Å²) in [4.78, 5) is 12.4. The van der Waals surface area contributed by atoms with E-state index in [0.29, 0.717) is 23.3 Å². The first-order valence-corrected chi connectivity index (χ1v) is 8.84. The number of phenolic OH excluding ortho intramolecular Hbond substituents is 1. The van der Waals surface area contributed by atoms with Crippen LogP contribution in [0.25, 0.3) is 12.2 Å². The average Bonchev–Trinajstić information content (AvgIpc) is 2.66. The molecule has 0 saturated heterocycles. The number of rotatable bonds is 6. The maximum atomic E-state index is 12.4. The summed E-state index contributed by atoms with van der Waals surface area (Å²) in [6.07, 6.45) is 5.79. The lowest BCUT2D eigenvalue weighted by Gasteiger charge is -2.17. The normalized spacial score (nSPS) is 10.7. The summed E-state index contributed by atoms with van der Waals surface area (Å²) in [7, 11) is 2.75. The zero-order valence-electron chi connectivity index (χ0n) is 15.9. The van der Waals surface area contributed by atoms with Gasteiger partial charge in [0.15, 0.2) is 0 Å². The predicted molar refractivity (Wildman–Crippen MR) is 110 cm³/mol. The van der Waals surface area contributed by atoms with Gasteiger partial charge in [-0.1, -0.05) is 65.7 Å². The van der Waals surface area contributed by atoms with Crippen molar-refractivity contribution >= 4 is 29.7 Å². The van der Waals surface area contributed by atoms with E-state index >= 15 is 0 Å². The molecule has 0 bridgehead atoms. The number of halogens is 1. The molecule has 27 heavy (non-hydrogen) atoms. The fourth-order valence-corrected chi connectivity index (χ4v) is 3.02. The van der Waals surface area contributed by atoms with Crippen LogP contribution in [0.3, 0.4) is 0 Å². The molecular formula is C22H23ClO4. The Hall–Kier alpha value is -2.72. The molecule has 0 aliphatic heterocycles. The molecular weight excluding hydrogens is 364 g/mol. The summed E-state index contributed by atoms with van der Waals surface area (Å²) >= 11 is 6.56. The Bertz CT molecular complexity index is 879. The Morgan fingerprint density at radius 2 is 1.81 bits per heavy atom. The molecule has 142 valence electrons. The summed E-state index contributed by atoms with van der Waals surface area (Å²) in [5.74, 6) is -0.511. The first-order chi connectivity index (χ1) is 12.9. The van der Waals surface area contributed by atoms with Gasteiger partial charge >= 0.3 is 5.97 Å². The highest BCUT2D eigenvalue weighted by Crippen LogP contribution is 2.43. The number of hydrogen-bond acceptors (Lipinski definition) is 4. The van der Waals surface area contributed by atoms with Crippen molar-refractivity contribution in [3.05, 3.63) is 69.3 Å². The van der Waals surface area contributed by atoms with Crippen LogP contribution >= 0.6 is 11.6 Å². The van der Waals surface area contributed by atoms with Crippen molar-refractivity contribution in [1.82, 2.24) is 0 Å². The van der Waals surface area contributed by atoms with E-state index in [0.717, 1.165) is 11.1 Å². The lowest BCUT2D eigenvalue weighted by atomic mass is 9.97. The summed E-state index contributed by atoms with van der Waals surface area (Å²) in [5.41, 5.74) is 2.81. The SMILES string of the molecule is COC(=O)c1c(O)c(CC=C(C)C)c(OC)c(Cl)c1C=Cc1ccccc1. The summed E-state index contributed by atoms with van der Waals surface area (Å²) in [6, 6.07) is 9.56. The van der Waals surface area contributed by atoms with Gasteiger partial charge in [-0.2, -0.15) is 0 Å². The van der Waals surface area contributed by atoms with E-state index in [4.69, 9.17) is 21.1 Å². The molecule has 5 heteroatoms. The Kier molecular flexibility index (Phi) is 7.08. The van der Waals surface area contributed by atoms with Gasteiger partial charge in [0, 0.05) is 11.1 Å². The van der Waals surface area contributed by atoms with E-state index < -0.39 is 5.97 Å². The van der Waals surface area contributed by atoms with Gasteiger partial charge in [-0.3, -0.25) is 0 Å². The van der Waals surface area contributed by atoms with Crippen molar-refractivity contribution in [3.63, 3.8) is 0 Å². The van der Waals surface area contributed by atoms with Crippen molar-refractivity contribution < 1.29 is 19.4 Å². The lowest BCUT2D eigenvalue weighted by molar-refractivity contribution is 0.0597. The molecule has 0 heterocycles. The molecule has 1 N–H and O–H groups in total. The van der Waals surface area contributed by atoms with Gasteiger partial charge in [-0.25, -0.2) is 4.79 Å². The summed E-state index contributed by atoms with van der Waals surface area (Å²) in [5, 5.41) is 11.1. The first-order valence-electron chi connectivity index (χ1n) is 8.46. The minimum Gasteiger partial charge on any atom is -0.507 e. The van der Waals surface area contributed by atoms with Gasteiger partial charge < -0.3 is 14.6 Å². The molecule has 0 saturated carbocycles. The Morgan fingerprint density at radius 1 is 1.15 bits per heavy atom. The molecule has 2 aromatic carbocycles. The fourth-order valence-electron chi connectivity index (χ4n) is 2.67. The van der Waals surface area contributed by atoms with Gasteiger partial charge in [-0.05, 0) is 25.8 Å². The quantitative estimate of drug-likeness (QED) is 0.403. The Balaban J connectivity index is 2.71. The van der Waals surface area contributed by atoms with E-state index in [9.17, 15) is 9.90 Å². The van der Waals surface area contributed by atoms with Crippen LogP contribution < -0.4 is 4.74 Å². The zero-order chi connectivity index (χ0) is 20.0. The number of hydrogen-bond donors (Lipinski definition) is 1. The summed E-state index contributed by atoms with van der Waals surface area (Å²) in [6.45, 7) is 3.90. The second kappa shape index (κ2) is 9.28. The topological polar surface area (TPSA) is 55.8 Å². The predicted octanol–water partition coefficient (Wildman–Crippen LogP) is 5.52. The maximum absolute atomic E-state index is 12.4. The molecule has 0 aliphatic rings. The molecule has 4 nitrogen and oxygen atoms in total. The molecule has 0 spiro atoms. The standard InChI is InChI=1S/C22H23ClO4/c1-14(2)10-12-17-20(24)18(22(25)27-4)16(19(23)21(17)26-3)13-11-15-8-6-5-7-9-15/h5-11,13,24H,12H2,1-4H3. The van der Waals surface area contributed by atoms with Gasteiger partial charge in [0.05, 0.1) is 19.2 Å². The van der Waals surface area contributed by atoms with Crippen LogP contribution in [0.5, 0.6) is 11.5 Å². The van der Waals surface area contributed by atoms with Crippen LogP contribution in [0, 0.1) is 0 Å². The largest absolute Gasteiger partial charge is 0.507 e. The molecule has 2 rings (SSSR count). The molecule has 0 fully saturated rings. The van der Waals surface area contributed by atoms with Crippen LogP contribution in [0.4, 0.5) is 0 Å². The maximum Gasteiger partial charge on any atom is 0.342 e. The van der Waals surface area contributed by atoms with Crippen LogP contribution in [0.2, 0.25) is 5.02 Å². The highest BCUT2D eigenvalue weighted by molar-refractivity contribution is 6.34. The van der Waals surface area contributed by atoms with E-state index in [2.05, 4.69) is 0 Å². The lowest BCUT2D eigenvalue weighted by Crippen LogP contribution is -2.08. The third-order valence-electron chi connectivity index (χ3n) is 4.05. The zero-order valence-corrected chi connectivity index (χ0v) is 16.6. The van der Waals surface area contributed by atoms with Crippen LogP contribution in [-0.4, -0.2) is 25.3 Å². The number of phenols is 1. The molecule has 0 radical (unpaired) electrons. The van der Waals surface area contributed by atoms with Crippen molar-refractivity contribution in [3.8, 4) is 11.5 Å². The minimum atomic E-state index is -0.664. The van der Waals surface area contributed by atoms with Gasteiger partial charge in [0.25, 0.3) is 0 Å². The van der Waals surface area contributed by atoms with Crippen LogP contribution in [0.15, 0.2) is 42.0 Å². The van der Waals surface area contributed by atoms with Gasteiger partial charge in [0.2, 0.25) is 0 Å². The van der Waals surface area contributed by atoms with Crippen molar-refractivity contribution in [2.75, 3.05) is 14.2 Å². The Morgan fingerprint density at radius 3 is 2.37 bits per heavy atom. The Labute approximate surface area is 164 Å². The summed E-state index contributed by atoms with van der Waals surface area (Å²) < 4.78 is 10.3. The molecule has 0 aliphatic carbocycles. The number of allylic oxidation sites excluding steroid dienone is 2. The number of carbonyl (C=O) groups excluding carboxylic acids is 1. The molecule has 0 atom stereocenters. The number of aromatic hydroxyl groups is 1. The van der Waals surface area contributed by atoms with Crippen LogP contribution in [-0.2, 0) is 11.2 Å². The number of benzene rings is 2. The molecule has 0 aromatic heterocycles. The highest BCUT2D eigenvalue weighted by Gasteiger charge is 2.26. The average molecular weight is 387 g/mol. The smallest absolute Gasteiger partial charge is 0.342 e. The van der Waals surface area contributed by atoms with E-state index in [-0.39, 0.29) is 16.3 Å². The molecule has 2 aromatic rings. The second-order valence-corrected chi connectivity index (χ2v) is 6.56. The number of carbonyl (C=O) groups is 1. The fraction of sp³-hybridized carbons (Fsp3) is 0.227. The van der Waals surface area contributed by atoms with Crippen molar-refractivity contribution in [2.24, 2.45) is 0 Å². The van der Waals surface area contributed by atoms with Crippen molar-refractivity contribution in [2.45, 2.75) is 20.3 Å².